The van der Waals surface area contributed by atoms with Crippen molar-refractivity contribution in [3.63, 3.8) is 0 Å². The van der Waals surface area contributed by atoms with Crippen molar-refractivity contribution in [1.29, 1.82) is 0 Å². The summed E-state index contributed by atoms with van der Waals surface area (Å²) < 4.78 is 0. The van der Waals surface area contributed by atoms with E-state index in [-0.39, 0.29) is 35.1 Å². The Bertz CT molecular complexity index is 1260. The van der Waals surface area contributed by atoms with Gasteiger partial charge in [-0.05, 0) is 55.5 Å². The summed E-state index contributed by atoms with van der Waals surface area (Å²) in [4.78, 5) is 40.6. The number of primary amides is 1. The molecule has 0 fully saturated rings. The number of nitrogens with zero attached hydrogens (tertiary/aromatic N) is 1. The quantitative estimate of drug-likeness (QED) is 0.317. The average molecular weight is 514 g/mol. The maximum Gasteiger partial charge on any atom is 0.255 e. The normalized spacial score (nSPS) is 27.8. The molecule has 1 aromatic carbocycles. The number of hydrogen-bond acceptors (Lipinski definition) is 9. The number of aliphatic hydroxyl groups is 3. The molecule has 200 valence electrons. The number of phenols is 1. The predicted molar refractivity (Wildman–Crippen MR) is 135 cm³/mol. The number of carbonyl (C=O) groups excluding carboxylic acids is 3. The number of likely N-dealkylation sites (N-methyl/N-ethyl adjacent to an activating group) is 1. The van der Waals surface area contributed by atoms with E-state index < -0.39 is 58.0 Å². The molecule has 0 heterocycles. The van der Waals surface area contributed by atoms with Crippen molar-refractivity contribution in [1.82, 2.24) is 10.2 Å². The van der Waals surface area contributed by atoms with Gasteiger partial charge in [0.25, 0.3) is 5.91 Å². The van der Waals surface area contributed by atoms with Gasteiger partial charge >= 0.3 is 0 Å². The first-order valence-electron chi connectivity index (χ1n) is 12.3. The minimum absolute atomic E-state index is 0.0239. The number of phenolic OH excluding ortho intramolecular Hbond substituents is 1. The Morgan fingerprint density at radius 1 is 1.19 bits per heavy atom. The molecule has 0 bridgehead atoms. The first kappa shape index (κ1) is 26.8. The molecule has 0 radical (unpaired) electrons. The third kappa shape index (κ3) is 4.13. The molecule has 0 saturated carbocycles. The largest absolute Gasteiger partial charge is 0.510 e. The van der Waals surface area contributed by atoms with Crippen LogP contribution < -0.4 is 11.1 Å². The predicted octanol–water partition coefficient (Wildman–Crippen LogP) is 1.26. The van der Waals surface area contributed by atoms with E-state index in [0.717, 1.165) is 12.1 Å². The topological polar surface area (TPSA) is 173 Å². The molecule has 1 amide bonds. The van der Waals surface area contributed by atoms with Crippen molar-refractivity contribution in [2.45, 2.75) is 51.8 Å². The Labute approximate surface area is 215 Å². The van der Waals surface area contributed by atoms with Gasteiger partial charge in [-0.25, -0.2) is 0 Å². The molecule has 0 aliphatic heterocycles. The molecule has 10 heteroatoms. The first-order valence-corrected chi connectivity index (χ1v) is 12.3. The number of aromatic hydroxyl groups is 1. The molecule has 7 N–H and O–H groups in total. The lowest BCUT2D eigenvalue weighted by Gasteiger charge is -2.50. The zero-order valence-corrected chi connectivity index (χ0v) is 21.8. The van der Waals surface area contributed by atoms with E-state index in [9.17, 15) is 34.8 Å². The third-order valence-electron chi connectivity index (χ3n) is 7.67. The molecule has 37 heavy (non-hydrogen) atoms. The fourth-order valence-electron chi connectivity index (χ4n) is 6.05. The van der Waals surface area contributed by atoms with Gasteiger partial charge in [0.1, 0.15) is 22.8 Å². The summed E-state index contributed by atoms with van der Waals surface area (Å²) in [5.41, 5.74) is 3.27. The number of ketones is 2. The van der Waals surface area contributed by atoms with Gasteiger partial charge in [-0.2, -0.15) is 0 Å². The molecule has 1 unspecified atom stereocenters. The lowest BCUT2D eigenvalue weighted by molar-refractivity contribution is -0.148. The standard InChI is InChI=1S/C27H35N3O7/c1-26(2,3)11-29-10-12-6-7-16(31)18-14(12)8-13-9-15-20(30(4)5)22(33)19(25(28)36)24(35)27(15,37)23(34)17(13)21(18)32/h6-7,13,15,20,29,31,33-34,37H,8-11H2,1-5H3,(H2,28,36)/t13-,15-,20?,27-/m1/s1. The van der Waals surface area contributed by atoms with Gasteiger partial charge in [0.05, 0.1) is 11.6 Å². The van der Waals surface area contributed by atoms with Gasteiger partial charge in [-0.15, -0.1) is 0 Å². The zero-order valence-electron chi connectivity index (χ0n) is 21.8. The number of Topliss-reactive ketones (excluding diaryl/α,β-unsaturated/α-hetero) is 2. The maximum atomic E-state index is 13.7. The number of aliphatic hydroxyl groups excluding tert-OH is 2. The third-order valence-corrected chi connectivity index (χ3v) is 7.67. The number of nitrogens with one attached hydrogen (secondary N) is 1. The molecular weight excluding hydrogens is 478 g/mol. The fourth-order valence-corrected chi connectivity index (χ4v) is 6.05. The fraction of sp³-hybridized carbons (Fsp3) is 0.519. The maximum absolute atomic E-state index is 13.7. The number of carbonyl (C=O) groups is 3. The highest BCUT2D eigenvalue weighted by Gasteiger charge is 2.63. The van der Waals surface area contributed by atoms with Crippen molar-refractivity contribution < 1.29 is 34.8 Å². The lowest BCUT2D eigenvalue weighted by Crippen LogP contribution is -2.63. The van der Waals surface area contributed by atoms with Crippen LogP contribution in [0.25, 0.3) is 0 Å². The minimum Gasteiger partial charge on any atom is -0.510 e. The van der Waals surface area contributed by atoms with Gasteiger partial charge in [0, 0.05) is 24.6 Å². The number of fused-ring (bicyclic) bond motifs is 3. The van der Waals surface area contributed by atoms with Crippen molar-refractivity contribution in [3.05, 3.63) is 51.5 Å². The van der Waals surface area contributed by atoms with Crippen LogP contribution in [0.3, 0.4) is 0 Å². The molecule has 10 nitrogen and oxygen atoms in total. The van der Waals surface area contributed by atoms with Crippen molar-refractivity contribution in [2.24, 2.45) is 23.0 Å². The lowest BCUT2D eigenvalue weighted by atomic mass is 9.58. The van der Waals surface area contributed by atoms with Crippen molar-refractivity contribution in [3.8, 4) is 5.75 Å². The number of benzene rings is 1. The van der Waals surface area contributed by atoms with Crippen molar-refractivity contribution in [2.75, 3.05) is 20.6 Å². The van der Waals surface area contributed by atoms with E-state index in [1.807, 2.05) is 0 Å². The minimum atomic E-state index is -2.63. The molecule has 3 aliphatic rings. The van der Waals surface area contributed by atoms with Crippen LogP contribution in [-0.4, -0.2) is 75.1 Å². The monoisotopic (exact) mass is 513 g/mol. The second-order valence-electron chi connectivity index (χ2n) is 11.7. The van der Waals surface area contributed by atoms with Crippen LogP contribution in [0.4, 0.5) is 0 Å². The number of allylic oxidation sites excluding steroid dienone is 1. The molecule has 4 rings (SSSR count). The molecule has 0 saturated heterocycles. The van der Waals surface area contributed by atoms with Crippen LogP contribution in [0.5, 0.6) is 5.75 Å². The summed E-state index contributed by atoms with van der Waals surface area (Å²) in [6.07, 6.45) is 0.339. The van der Waals surface area contributed by atoms with Gasteiger partial charge in [-0.3, -0.25) is 19.3 Å². The Morgan fingerprint density at radius 3 is 2.41 bits per heavy atom. The smallest absolute Gasteiger partial charge is 0.255 e. The number of amides is 1. The summed E-state index contributed by atoms with van der Waals surface area (Å²) in [5.74, 6) is -6.50. The Balaban J connectivity index is 1.84. The van der Waals surface area contributed by atoms with E-state index in [0.29, 0.717) is 12.1 Å². The number of rotatable bonds is 5. The summed E-state index contributed by atoms with van der Waals surface area (Å²) in [7, 11) is 3.20. The average Bonchev–Trinajstić information content (AvgIpc) is 2.76. The van der Waals surface area contributed by atoms with Crippen LogP contribution in [-0.2, 0) is 22.6 Å². The second kappa shape index (κ2) is 8.97. The molecule has 1 aromatic rings. The summed E-state index contributed by atoms with van der Waals surface area (Å²) in [5, 5.41) is 47.8. The van der Waals surface area contributed by atoms with Crippen LogP contribution >= 0.6 is 0 Å². The van der Waals surface area contributed by atoms with E-state index >= 15 is 0 Å². The first-order chi connectivity index (χ1) is 17.1. The highest BCUT2D eigenvalue weighted by Crippen LogP contribution is 2.52. The van der Waals surface area contributed by atoms with Crippen LogP contribution in [0.1, 0.15) is 48.7 Å². The van der Waals surface area contributed by atoms with Crippen molar-refractivity contribution >= 4 is 17.5 Å². The van der Waals surface area contributed by atoms with Gasteiger partial charge < -0.3 is 31.5 Å². The van der Waals surface area contributed by atoms with Gasteiger partial charge in [0.2, 0.25) is 5.78 Å². The summed E-state index contributed by atoms with van der Waals surface area (Å²) in [6, 6.07) is 2.16. The Morgan fingerprint density at radius 2 is 1.84 bits per heavy atom. The Hall–Kier alpha value is -3.21. The molecule has 3 aliphatic carbocycles. The molecule has 0 spiro atoms. The summed E-state index contributed by atoms with van der Waals surface area (Å²) in [6.45, 7) is 7.47. The van der Waals surface area contributed by atoms with E-state index in [1.54, 1.807) is 20.2 Å². The van der Waals surface area contributed by atoms with Crippen LogP contribution in [0, 0.1) is 17.3 Å². The molecule has 0 aromatic heterocycles. The SMILES string of the molecule is CN(C)C1C(O)=C(C(N)=O)C(=O)[C@]2(O)C(O)=C3C(=O)c4c(O)ccc(CNCC(C)(C)C)c4C[C@@H]3C[C@H]12. The van der Waals surface area contributed by atoms with Gasteiger partial charge in [-0.1, -0.05) is 26.8 Å². The van der Waals surface area contributed by atoms with Gasteiger partial charge in [0.15, 0.2) is 11.4 Å². The highest BCUT2D eigenvalue weighted by molar-refractivity contribution is 6.24. The zero-order chi connectivity index (χ0) is 27.6. The van der Waals surface area contributed by atoms with E-state index in [1.165, 1.54) is 11.0 Å². The number of nitrogens with two attached hydrogens (primary N) is 1. The summed E-state index contributed by atoms with van der Waals surface area (Å²) >= 11 is 0. The Kier molecular flexibility index (Phi) is 6.51. The second-order valence-corrected chi connectivity index (χ2v) is 11.7. The van der Waals surface area contributed by atoms with E-state index in [4.69, 9.17) is 5.73 Å². The number of hydrogen-bond donors (Lipinski definition) is 6. The molecule has 4 atom stereocenters. The van der Waals surface area contributed by atoms with E-state index in [2.05, 4.69) is 26.1 Å². The molecular formula is C27H35N3O7. The highest BCUT2D eigenvalue weighted by atomic mass is 16.3. The van der Waals surface area contributed by atoms with Crippen LogP contribution in [0.15, 0.2) is 34.8 Å². The van der Waals surface area contributed by atoms with Crippen LogP contribution in [0.2, 0.25) is 0 Å².